The average molecular weight is 485 g/mol. The summed E-state index contributed by atoms with van der Waals surface area (Å²) in [4.78, 5) is 12.5. The Balaban J connectivity index is 1.93. The van der Waals surface area contributed by atoms with E-state index >= 15 is 0 Å². The molecule has 31 heavy (non-hydrogen) atoms. The summed E-state index contributed by atoms with van der Waals surface area (Å²) in [6.45, 7) is 0. The Kier molecular flexibility index (Phi) is 7.27. The van der Waals surface area contributed by atoms with Gasteiger partial charge in [0.25, 0.3) is 0 Å². The Morgan fingerprint density at radius 2 is 1.68 bits per heavy atom. The number of carbonyl (C=O) groups is 1. The number of anilines is 1. The molecule has 3 aromatic carbocycles. The second-order valence-corrected chi connectivity index (χ2v) is 9.08. The van der Waals surface area contributed by atoms with Crippen molar-refractivity contribution in [1.82, 2.24) is 4.72 Å². The lowest BCUT2D eigenvalue weighted by atomic mass is 10.1. The van der Waals surface area contributed by atoms with Gasteiger partial charge in [-0.05, 0) is 42.3 Å². The number of halogens is 4. The van der Waals surface area contributed by atoms with Crippen LogP contribution in [0.4, 0.5) is 14.5 Å². The lowest BCUT2D eigenvalue weighted by molar-refractivity contribution is -0.117. The number of amides is 1. The highest BCUT2D eigenvalue weighted by Gasteiger charge is 2.28. The Bertz CT molecular complexity index is 1210. The molecule has 1 atom stereocenters. The Morgan fingerprint density at radius 1 is 0.968 bits per heavy atom. The highest BCUT2D eigenvalue weighted by Crippen LogP contribution is 2.25. The minimum Gasteiger partial charge on any atom is -0.322 e. The van der Waals surface area contributed by atoms with Gasteiger partial charge in [0.1, 0.15) is 22.6 Å². The molecule has 0 aliphatic heterocycles. The first-order chi connectivity index (χ1) is 14.7. The smallest absolute Gasteiger partial charge is 0.242 e. The van der Waals surface area contributed by atoms with Crippen LogP contribution in [0.3, 0.4) is 0 Å². The van der Waals surface area contributed by atoms with Crippen molar-refractivity contribution in [3.8, 4) is 0 Å². The van der Waals surface area contributed by atoms with Crippen LogP contribution in [-0.2, 0) is 21.2 Å². The normalized spacial score (nSPS) is 12.4. The molecule has 0 saturated carbocycles. The van der Waals surface area contributed by atoms with Crippen LogP contribution in [-0.4, -0.2) is 20.4 Å². The quantitative estimate of drug-likeness (QED) is 0.505. The van der Waals surface area contributed by atoms with Crippen molar-refractivity contribution >= 4 is 44.8 Å². The van der Waals surface area contributed by atoms with Crippen LogP contribution in [0.2, 0.25) is 10.0 Å². The predicted octanol–water partition coefficient (Wildman–Crippen LogP) is 4.80. The molecule has 5 nitrogen and oxygen atoms in total. The Labute approximate surface area is 188 Å². The zero-order chi connectivity index (χ0) is 22.6. The molecule has 1 amide bonds. The van der Waals surface area contributed by atoms with Gasteiger partial charge < -0.3 is 5.32 Å². The summed E-state index contributed by atoms with van der Waals surface area (Å²) in [6, 6.07) is 13.7. The molecule has 0 aliphatic carbocycles. The minimum atomic E-state index is -4.28. The first-order valence-electron chi connectivity index (χ1n) is 8.93. The second-order valence-electron chi connectivity index (χ2n) is 6.55. The first kappa shape index (κ1) is 23.1. The van der Waals surface area contributed by atoms with Gasteiger partial charge in [-0.2, -0.15) is 4.72 Å². The number of hydrogen-bond acceptors (Lipinski definition) is 3. The maximum atomic E-state index is 14.0. The minimum absolute atomic E-state index is 0.0545. The number of sulfonamides is 1. The maximum Gasteiger partial charge on any atom is 0.242 e. The highest BCUT2D eigenvalue weighted by molar-refractivity contribution is 7.89. The van der Waals surface area contributed by atoms with Crippen molar-refractivity contribution in [2.45, 2.75) is 17.4 Å². The van der Waals surface area contributed by atoms with Gasteiger partial charge in [0.15, 0.2) is 0 Å². The molecule has 0 fully saturated rings. The van der Waals surface area contributed by atoms with E-state index in [1.807, 2.05) is 0 Å². The van der Waals surface area contributed by atoms with Gasteiger partial charge in [0.2, 0.25) is 15.9 Å². The summed E-state index contributed by atoms with van der Waals surface area (Å²) in [7, 11) is -4.28. The molecule has 0 aromatic heterocycles. The molecule has 0 aliphatic rings. The number of nitrogens with one attached hydrogen (secondary N) is 2. The van der Waals surface area contributed by atoms with E-state index in [0.717, 1.165) is 24.3 Å². The molecule has 0 heterocycles. The van der Waals surface area contributed by atoms with Gasteiger partial charge in [-0.1, -0.05) is 53.5 Å². The lowest BCUT2D eigenvalue weighted by Gasteiger charge is -2.19. The van der Waals surface area contributed by atoms with Crippen LogP contribution < -0.4 is 10.0 Å². The fourth-order valence-electron chi connectivity index (χ4n) is 2.78. The van der Waals surface area contributed by atoms with Crippen LogP contribution in [0.1, 0.15) is 5.56 Å². The largest absolute Gasteiger partial charge is 0.322 e. The monoisotopic (exact) mass is 484 g/mol. The number of benzene rings is 3. The van der Waals surface area contributed by atoms with Gasteiger partial charge in [-0.25, -0.2) is 17.2 Å². The molecule has 2 N–H and O–H groups in total. The average Bonchev–Trinajstić information content (AvgIpc) is 2.72. The van der Waals surface area contributed by atoms with Crippen LogP contribution in [0.25, 0.3) is 0 Å². The molecule has 0 saturated heterocycles. The van der Waals surface area contributed by atoms with Crippen LogP contribution in [0.5, 0.6) is 0 Å². The number of hydrogen-bond donors (Lipinski definition) is 2. The molecular formula is C21H16Cl2F2N2O3S. The van der Waals surface area contributed by atoms with Crippen LogP contribution in [0, 0.1) is 11.6 Å². The van der Waals surface area contributed by atoms with E-state index in [9.17, 15) is 22.0 Å². The van der Waals surface area contributed by atoms with Crippen molar-refractivity contribution in [2.75, 3.05) is 5.32 Å². The summed E-state index contributed by atoms with van der Waals surface area (Å²) >= 11 is 11.9. The van der Waals surface area contributed by atoms with E-state index in [-0.39, 0.29) is 21.4 Å². The summed E-state index contributed by atoms with van der Waals surface area (Å²) in [5.41, 5.74) is 0.227. The SMILES string of the molecule is O=C(Nc1cc(F)ccc1F)[C@@H](Cc1ccccc1)NS(=O)(=O)c1cc(Cl)ccc1Cl. The predicted molar refractivity (Wildman–Crippen MR) is 116 cm³/mol. The molecule has 162 valence electrons. The molecule has 3 aromatic rings. The molecular weight excluding hydrogens is 469 g/mol. The highest BCUT2D eigenvalue weighted by atomic mass is 35.5. The summed E-state index contributed by atoms with van der Waals surface area (Å²) in [5, 5.41) is 2.28. The standard InChI is InChI=1S/C21H16Cl2F2N2O3S/c22-14-6-8-16(23)20(11-14)31(29,30)27-19(10-13-4-2-1-3-5-13)21(28)26-18-12-15(24)7-9-17(18)25/h1-9,11-12,19,27H,10H2,(H,26,28)/t19-/m1/s1. The summed E-state index contributed by atoms with van der Waals surface area (Å²) < 4.78 is 55.5. The van der Waals surface area contributed by atoms with Gasteiger partial charge >= 0.3 is 0 Å². The fourth-order valence-corrected chi connectivity index (χ4v) is 4.74. The zero-order valence-electron chi connectivity index (χ0n) is 15.8. The third-order valence-electron chi connectivity index (χ3n) is 4.27. The maximum absolute atomic E-state index is 14.0. The van der Waals surface area contributed by atoms with E-state index in [4.69, 9.17) is 23.2 Å². The third kappa shape index (κ3) is 6.01. The van der Waals surface area contributed by atoms with Crippen molar-refractivity contribution < 1.29 is 22.0 Å². The number of carbonyl (C=O) groups excluding carboxylic acids is 1. The van der Waals surface area contributed by atoms with Gasteiger partial charge in [0, 0.05) is 11.1 Å². The van der Waals surface area contributed by atoms with Gasteiger partial charge in [-0.3, -0.25) is 4.79 Å². The van der Waals surface area contributed by atoms with E-state index < -0.39 is 39.3 Å². The summed E-state index contributed by atoms with van der Waals surface area (Å²) in [5.74, 6) is -2.51. The zero-order valence-corrected chi connectivity index (χ0v) is 18.1. The summed E-state index contributed by atoms with van der Waals surface area (Å²) in [6.07, 6.45) is -0.0545. The van der Waals surface area contributed by atoms with Gasteiger partial charge in [-0.15, -0.1) is 0 Å². The lowest BCUT2D eigenvalue weighted by Crippen LogP contribution is -2.45. The van der Waals surface area contributed by atoms with E-state index in [0.29, 0.717) is 5.56 Å². The first-order valence-corrected chi connectivity index (χ1v) is 11.2. The van der Waals surface area contributed by atoms with Crippen molar-refractivity contribution in [3.63, 3.8) is 0 Å². The fraction of sp³-hybridized carbons (Fsp3) is 0.0952. The third-order valence-corrected chi connectivity index (χ3v) is 6.45. The van der Waals surface area contributed by atoms with E-state index in [2.05, 4.69) is 10.0 Å². The van der Waals surface area contributed by atoms with E-state index in [1.54, 1.807) is 30.3 Å². The van der Waals surface area contributed by atoms with Crippen molar-refractivity contribution in [1.29, 1.82) is 0 Å². The Morgan fingerprint density at radius 3 is 2.39 bits per heavy atom. The molecule has 0 radical (unpaired) electrons. The molecule has 0 spiro atoms. The van der Waals surface area contributed by atoms with Crippen LogP contribution in [0.15, 0.2) is 71.6 Å². The van der Waals surface area contributed by atoms with Crippen molar-refractivity contribution in [3.05, 3.63) is 94.0 Å². The van der Waals surface area contributed by atoms with Gasteiger partial charge in [0.05, 0.1) is 10.7 Å². The van der Waals surface area contributed by atoms with E-state index in [1.165, 1.54) is 12.1 Å². The van der Waals surface area contributed by atoms with Crippen molar-refractivity contribution in [2.24, 2.45) is 0 Å². The molecule has 10 heteroatoms. The van der Waals surface area contributed by atoms with Crippen LogP contribution >= 0.6 is 23.2 Å². The molecule has 3 rings (SSSR count). The number of rotatable bonds is 7. The Hall–Kier alpha value is -2.52. The second kappa shape index (κ2) is 9.74. The topological polar surface area (TPSA) is 75.3 Å². The molecule has 0 unspecified atom stereocenters. The molecule has 0 bridgehead atoms.